The monoisotopic (exact) mass is 447 g/mol. The van der Waals surface area contributed by atoms with E-state index in [1.54, 1.807) is 18.2 Å². The molecule has 3 heterocycles. The predicted molar refractivity (Wildman–Crippen MR) is 116 cm³/mol. The highest BCUT2D eigenvalue weighted by atomic mass is 32.1. The third-order valence-electron chi connectivity index (χ3n) is 5.13. The SMILES string of the molecule is O=C(C1=C(O)C(=O)N(c2nc3ccc(F)cc3s2)C1c1ccc(O)cc1)c1cccnc1. The van der Waals surface area contributed by atoms with Crippen molar-refractivity contribution in [3.8, 4) is 5.75 Å². The zero-order valence-electron chi connectivity index (χ0n) is 16.3. The number of aromatic hydroxyl groups is 1. The highest BCUT2D eigenvalue weighted by molar-refractivity contribution is 7.22. The minimum Gasteiger partial charge on any atom is -0.508 e. The number of pyridine rings is 1. The van der Waals surface area contributed by atoms with Gasteiger partial charge < -0.3 is 10.2 Å². The first-order valence-electron chi connectivity index (χ1n) is 9.50. The minimum atomic E-state index is -0.999. The van der Waals surface area contributed by atoms with Crippen molar-refractivity contribution in [3.63, 3.8) is 0 Å². The van der Waals surface area contributed by atoms with E-state index in [0.29, 0.717) is 15.8 Å². The van der Waals surface area contributed by atoms with E-state index >= 15 is 0 Å². The number of aromatic nitrogens is 2. The van der Waals surface area contributed by atoms with Crippen molar-refractivity contribution in [2.75, 3.05) is 4.90 Å². The zero-order chi connectivity index (χ0) is 22.4. The van der Waals surface area contributed by atoms with Gasteiger partial charge in [0.15, 0.2) is 16.7 Å². The van der Waals surface area contributed by atoms with Gasteiger partial charge >= 0.3 is 0 Å². The van der Waals surface area contributed by atoms with E-state index in [1.165, 1.54) is 53.7 Å². The molecule has 2 N–H and O–H groups in total. The normalized spacial score (nSPS) is 16.2. The van der Waals surface area contributed by atoms with E-state index in [2.05, 4.69) is 9.97 Å². The molecule has 0 saturated carbocycles. The number of halogens is 1. The summed E-state index contributed by atoms with van der Waals surface area (Å²) in [7, 11) is 0. The molecule has 1 aliphatic rings. The fourth-order valence-corrected chi connectivity index (χ4v) is 4.67. The average Bonchev–Trinajstić information content (AvgIpc) is 3.32. The van der Waals surface area contributed by atoms with Crippen LogP contribution in [0.2, 0.25) is 0 Å². The number of rotatable bonds is 4. The topological polar surface area (TPSA) is 104 Å². The fraction of sp³-hybridized carbons (Fsp3) is 0.0435. The summed E-state index contributed by atoms with van der Waals surface area (Å²) in [6.45, 7) is 0. The maximum Gasteiger partial charge on any atom is 0.296 e. The van der Waals surface area contributed by atoms with Crippen LogP contribution >= 0.6 is 11.3 Å². The number of ketones is 1. The number of amides is 1. The molecule has 5 rings (SSSR count). The molecule has 32 heavy (non-hydrogen) atoms. The fourth-order valence-electron chi connectivity index (χ4n) is 3.65. The largest absolute Gasteiger partial charge is 0.508 e. The summed E-state index contributed by atoms with van der Waals surface area (Å²) in [5.74, 6) is -2.48. The molecular formula is C23H14FN3O4S. The van der Waals surface area contributed by atoms with Crippen LogP contribution in [-0.4, -0.2) is 31.9 Å². The lowest BCUT2D eigenvalue weighted by Gasteiger charge is -2.24. The van der Waals surface area contributed by atoms with E-state index in [-0.39, 0.29) is 22.0 Å². The number of nitrogens with zero attached hydrogens (tertiary/aromatic N) is 3. The molecule has 0 fully saturated rings. The number of phenolic OH excluding ortho intramolecular Hbond substituents is 1. The molecule has 0 spiro atoms. The standard InChI is InChI=1S/C23H14FN3O4S/c24-14-5-8-16-17(10-14)32-23(26-16)27-19(12-3-6-15(28)7-4-12)18(21(30)22(27)31)20(29)13-2-1-9-25-11-13/h1-11,19,28,30H. The second kappa shape index (κ2) is 7.54. The molecule has 7 nitrogen and oxygen atoms in total. The van der Waals surface area contributed by atoms with Gasteiger partial charge in [-0.2, -0.15) is 0 Å². The summed E-state index contributed by atoms with van der Waals surface area (Å²) in [4.78, 5) is 36.0. The number of phenols is 1. The number of fused-ring (bicyclic) bond motifs is 1. The van der Waals surface area contributed by atoms with Crippen LogP contribution in [0.25, 0.3) is 10.2 Å². The lowest BCUT2D eigenvalue weighted by Crippen LogP contribution is -2.30. The number of hydrogen-bond acceptors (Lipinski definition) is 7. The Kier molecular flexibility index (Phi) is 4.67. The molecule has 1 amide bonds. The molecule has 1 atom stereocenters. The van der Waals surface area contributed by atoms with Gasteiger partial charge in [0.05, 0.1) is 21.8 Å². The van der Waals surface area contributed by atoms with Crippen molar-refractivity contribution in [3.05, 3.63) is 95.3 Å². The number of carbonyl (C=O) groups excluding carboxylic acids is 2. The maximum atomic E-state index is 13.7. The van der Waals surface area contributed by atoms with Crippen molar-refractivity contribution in [2.45, 2.75) is 6.04 Å². The molecule has 1 aliphatic heterocycles. The van der Waals surface area contributed by atoms with E-state index in [1.807, 2.05) is 0 Å². The van der Waals surface area contributed by atoms with Crippen LogP contribution in [0.15, 0.2) is 78.3 Å². The maximum absolute atomic E-state index is 13.7. The van der Waals surface area contributed by atoms with Gasteiger partial charge in [0, 0.05) is 18.0 Å². The number of Topliss-reactive ketones (excluding diaryl/α,β-unsaturated/α-hetero) is 1. The molecular weight excluding hydrogens is 433 g/mol. The Bertz CT molecular complexity index is 1400. The lowest BCUT2D eigenvalue weighted by atomic mass is 9.93. The van der Waals surface area contributed by atoms with Crippen molar-refractivity contribution in [2.24, 2.45) is 0 Å². The smallest absolute Gasteiger partial charge is 0.296 e. The average molecular weight is 447 g/mol. The van der Waals surface area contributed by atoms with Crippen LogP contribution in [0.4, 0.5) is 9.52 Å². The van der Waals surface area contributed by atoms with Crippen LogP contribution in [0.1, 0.15) is 22.0 Å². The summed E-state index contributed by atoms with van der Waals surface area (Å²) in [5, 5.41) is 20.6. The third kappa shape index (κ3) is 3.19. The highest BCUT2D eigenvalue weighted by Crippen LogP contribution is 2.44. The number of hydrogen-bond donors (Lipinski definition) is 2. The number of aliphatic hydroxyl groups excluding tert-OH is 1. The van der Waals surface area contributed by atoms with Gasteiger partial charge in [-0.05, 0) is 48.0 Å². The molecule has 0 aliphatic carbocycles. The summed E-state index contributed by atoms with van der Waals surface area (Å²) >= 11 is 1.07. The second-order valence-corrected chi connectivity index (χ2v) is 8.12. The Labute approximate surface area is 184 Å². The molecule has 2 aromatic carbocycles. The van der Waals surface area contributed by atoms with Crippen LogP contribution < -0.4 is 4.90 Å². The van der Waals surface area contributed by atoms with E-state index in [4.69, 9.17) is 0 Å². The molecule has 0 radical (unpaired) electrons. The van der Waals surface area contributed by atoms with Crippen LogP contribution in [0, 0.1) is 5.82 Å². The van der Waals surface area contributed by atoms with Crippen molar-refractivity contribution in [1.82, 2.24) is 9.97 Å². The zero-order valence-corrected chi connectivity index (χ0v) is 17.1. The Balaban J connectivity index is 1.68. The summed E-state index contributed by atoms with van der Waals surface area (Å²) < 4.78 is 14.2. The molecule has 0 saturated heterocycles. The van der Waals surface area contributed by atoms with Gasteiger partial charge in [0.2, 0.25) is 0 Å². The Morgan fingerprint density at radius 2 is 1.88 bits per heavy atom. The predicted octanol–water partition coefficient (Wildman–Crippen LogP) is 4.32. The summed E-state index contributed by atoms with van der Waals surface area (Å²) in [6, 6.07) is 12.2. The van der Waals surface area contributed by atoms with Crippen molar-refractivity contribution < 1.29 is 24.2 Å². The molecule has 0 bridgehead atoms. The van der Waals surface area contributed by atoms with Gasteiger partial charge in [0.1, 0.15) is 11.6 Å². The van der Waals surface area contributed by atoms with Gasteiger partial charge in [0.25, 0.3) is 5.91 Å². The van der Waals surface area contributed by atoms with Crippen LogP contribution in [0.5, 0.6) is 5.75 Å². The molecule has 2 aromatic heterocycles. The first-order chi connectivity index (χ1) is 15.4. The number of anilines is 1. The summed E-state index contributed by atoms with van der Waals surface area (Å²) in [6.07, 6.45) is 2.86. The number of thiazole rings is 1. The summed E-state index contributed by atoms with van der Waals surface area (Å²) in [5.41, 5.74) is 1.05. The van der Waals surface area contributed by atoms with Gasteiger partial charge in [-0.1, -0.05) is 23.5 Å². The van der Waals surface area contributed by atoms with E-state index in [9.17, 15) is 24.2 Å². The van der Waals surface area contributed by atoms with Gasteiger partial charge in [-0.3, -0.25) is 19.5 Å². The quantitative estimate of drug-likeness (QED) is 0.452. The first kappa shape index (κ1) is 19.8. The number of carbonyl (C=O) groups is 2. The third-order valence-corrected chi connectivity index (χ3v) is 6.15. The number of aliphatic hydroxyl groups is 1. The van der Waals surface area contributed by atoms with Gasteiger partial charge in [-0.15, -0.1) is 0 Å². The Morgan fingerprint density at radius 3 is 2.59 bits per heavy atom. The minimum absolute atomic E-state index is 0.00780. The van der Waals surface area contributed by atoms with E-state index < -0.39 is 29.3 Å². The highest BCUT2D eigenvalue weighted by Gasteiger charge is 2.46. The van der Waals surface area contributed by atoms with Crippen LogP contribution in [0.3, 0.4) is 0 Å². The van der Waals surface area contributed by atoms with Crippen LogP contribution in [-0.2, 0) is 4.79 Å². The van der Waals surface area contributed by atoms with Gasteiger partial charge in [-0.25, -0.2) is 9.37 Å². The van der Waals surface area contributed by atoms with E-state index in [0.717, 1.165) is 11.3 Å². The van der Waals surface area contributed by atoms with Crippen molar-refractivity contribution in [1.29, 1.82) is 0 Å². The van der Waals surface area contributed by atoms with Crippen molar-refractivity contribution >= 4 is 38.4 Å². The molecule has 4 aromatic rings. The molecule has 1 unspecified atom stereocenters. The second-order valence-electron chi connectivity index (χ2n) is 7.11. The Hall–Kier alpha value is -4.11. The first-order valence-corrected chi connectivity index (χ1v) is 10.3. The lowest BCUT2D eigenvalue weighted by molar-refractivity contribution is -0.117. The molecule has 158 valence electrons. The Morgan fingerprint density at radius 1 is 1.09 bits per heavy atom. The molecule has 9 heteroatoms. The number of benzene rings is 2.